The number of ether oxygens (including phenoxy) is 1. The Hall–Kier alpha value is -3.55. The van der Waals surface area contributed by atoms with Crippen molar-refractivity contribution in [1.82, 2.24) is 15.3 Å². The summed E-state index contributed by atoms with van der Waals surface area (Å²) in [6.45, 7) is 1.80. The van der Waals surface area contributed by atoms with Crippen molar-refractivity contribution in [2.24, 2.45) is 5.92 Å². The molecule has 0 saturated heterocycles. The van der Waals surface area contributed by atoms with Crippen LogP contribution in [-0.2, 0) is 0 Å². The van der Waals surface area contributed by atoms with Gasteiger partial charge >= 0.3 is 0 Å². The van der Waals surface area contributed by atoms with Crippen LogP contribution in [0, 0.1) is 11.7 Å². The quantitative estimate of drug-likeness (QED) is 0.524. The fourth-order valence-electron chi connectivity index (χ4n) is 3.34. The van der Waals surface area contributed by atoms with Crippen LogP contribution in [0.25, 0.3) is 11.5 Å². The Morgan fingerprint density at radius 1 is 1.19 bits per heavy atom. The highest BCUT2D eigenvalue weighted by Crippen LogP contribution is 2.32. The molecule has 0 aliphatic heterocycles. The molecule has 2 fully saturated rings. The Morgan fingerprint density at radius 2 is 2.00 bits per heavy atom. The molecule has 2 aliphatic carbocycles. The van der Waals surface area contributed by atoms with Gasteiger partial charge in [0.1, 0.15) is 35.3 Å². The van der Waals surface area contributed by atoms with Crippen molar-refractivity contribution < 1.29 is 23.1 Å². The molecule has 2 aliphatic rings. The van der Waals surface area contributed by atoms with E-state index in [1.165, 1.54) is 24.6 Å². The molecule has 5 rings (SSSR count). The number of amides is 1. The Labute approximate surface area is 184 Å². The molecule has 2 heterocycles. The number of nitrogens with zero attached hydrogens (tertiary/aromatic N) is 2. The van der Waals surface area contributed by atoms with E-state index < -0.39 is 17.8 Å². The fraction of sp³-hybridized carbons (Fsp3) is 0.333. The molecule has 1 atom stereocenters. The minimum absolute atomic E-state index is 0.000227. The highest BCUT2D eigenvalue weighted by Gasteiger charge is 2.31. The third kappa shape index (κ3) is 4.39. The molecule has 0 bridgehead atoms. The van der Waals surface area contributed by atoms with Gasteiger partial charge in [-0.25, -0.2) is 14.4 Å². The Kier molecular flexibility index (Phi) is 5.20. The maximum atomic E-state index is 14.5. The average molecular weight is 435 g/mol. The molecule has 3 aromatic rings. The van der Waals surface area contributed by atoms with Gasteiger partial charge in [-0.3, -0.25) is 9.59 Å². The molecule has 8 heteroatoms. The molecule has 1 unspecified atom stereocenters. The highest BCUT2D eigenvalue weighted by molar-refractivity contribution is 5.97. The minimum Gasteiger partial charge on any atom is -0.483 e. The highest BCUT2D eigenvalue weighted by atomic mass is 19.1. The second kappa shape index (κ2) is 8.18. The lowest BCUT2D eigenvalue weighted by Crippen LogP contribution is -2.26. The van der Waals surface area contributed by atoms with Crippen LogP contribution in [0.2, 0.25) is 0 Å². The minimum atomic E-state index is -0.628. The van der Waals surface area contributed by atoms with Crippen molar-refractivity contribution in [3.63, 3.8) is 0 Å². The first kappa shape index (κ1) is 20.4. The summed E-state index contributed by atoms with van der Waals surface area (Å²) in [6, 6.07) is 7.81. The van der Waals surface area contributed by atoms with Crippen molar-refractivity contribution >= 4 is 11.7 Å². The van der Waals surface area contributed by atoms with Crippen LogP contribution < -0.4 is 10.1 Å². The van der Waals surface area contributed by atoms with Crippen LogP contribution >= 0.6 is 0 Å². The number of hydrogen-bond donors (Lipinski definition) is 1. The molecular weight excluding hydrogens is 413 g/mol. The normalized spacial score (nSPS) is 16.4. The van der Waals surface area contributed by atoms with Crippen LogP contribution in [-0.4, -0.2) is 27.7 Å². The van der Waals surface area contributed by atoms with Crippen molar-refractivity contribution in [2.75, 3.05) is 0 Å². The maximum Gasteiger partial charge on any atom is 0.254 e. The molecule has 164 valence electrons. The Morgan fingerprint density at radius 3 is 2.66 bits per heavy atom. The van der Waals surface area contributed by atoms with Crippen molar-refractivity contribution in [3.8, 4) is 17.2 Å². The second-order valence-corrected chi connectivity index (χ2v) is 8.30. The molecule has 7 nitrogen and oxygen atoms in total. The lowest BCUT2D eigenvalue weighted by molar-refractivity contribution is 0.0943. The van der Waals surface area contributed by atoms with Crippen molar-refractivity contribution in [3.05, 3.63) is 65.6 Å². The summed E-state index contributed by atoms with van der Waals surface area (Å²) < 4.78 is 25.8. The lowest BCUT2D eigenvalue weighted by Gasteiger charge is -2.11. The number of oxazole rings is 1. The standard InChI is InChI=1S/C24H22FN3O4/c1-13(32-17-7-9-20(26-11-17)22(29)14-2-3-14)21-12-31-24(28-21)15-4-8-18(19(25)10-15)23(30)27-16-5-6-16/h4,7-14,16H,2-3,5-6H2,1H3,(H,27,30). The molecule has 2 saturated carbocycles. The van der Waals surface area contributed by atoms with Crippen molar-refractivity contribution in [1.29, 1.82) is 0 Å². The van der Waals surface area contributed by atoms with E-state index in [1.807, 2.05) is 0 Å². The van der Waals surface area contributed by atoms with Gasteiger partial charge < -0.3 is 14.5 Å². The maximum absolute atomic E-state index is 14.5. The third-order valence-electron chi connectivity index (χ3n) is 5.56. The van der Waals surface area contributed by atoms with Gasteiger partial charge in [-0.15, -0.1) is 0 Å². The number of ketones is 1. The number of aromatic nitrogens is 2. The van der Waals surface area contributed by atoms with Crippen LogP contribution in [0.4, 0.5) is 4.39 Å². The Bertz CT molecular complexity index is 1170. The number of Topliss-reactive ketones (excluding diaryl/α,β-unsaturated/α-hetero) is 1. The largest absolute Gasteiger partial charge is 0.483 e. The van der Waals surface area contributed by atoms with Crippen molar-refractivity contribution in [2.45, 2.75) is 44.8 Å². The molecule has 1 aromatic carbocycles. The number of carbonyl (C=O) groups excluding carboxylic acids is 2. The summed E-state index contributed by atoms with van der Waals surface area (Å²) in [7, 11) is 0. The first-order chi connectivity index (χ1) is 15.5. The monoisotopic (exact) mass is 435 g/mol. The SMILES string of the molecule is CC(Oc1ccc(C(=O)C2CC2)nc1)c1coc(-c2ccc(C(=O)NC3CC3)c(F)c2)n1. The van der Waals surface area contributed by atoms with E-state index in [9.17, 15) is 14.0 Å². The van der Waals surface area contributed by atoms with Crippen LogP contribution in [0.1, 0.15) is 65.3 Å². The second-order valence-electron chi connectivity index (χ2n) is 8.30. The number of halogens is 1. The molecule has 0 radical (unpaired) electrons. The molecule has 0 spiro atoms. The van der Waals surface area contributed by atoms with E-state index in [0.29, 0.717) is 22.7 Å². The van der Waals surface area contributed by atoms with Gasteiger partial charge in [-0.2, -0.15) is 0 Å². The Balaban J connectivity index is 1.25. The summed E-state index contributed by atoms with van der Waals surface area (Å²) in [6.07, 6.45) is 6.26. The summed E-state index contributed by atoms with van der Waals surface area (Å²) >= 11 is 0. The van der Waals surface area contributed by atoms with Gasteiger partial charge in [0.15, 0.2) is 5.78 Å². The number of carbonyl (C=O) groups is 2. The van der Waals surface area contributed by atoms with E-state index in [1.54, 1.807) is 25.1 Å². The van der Waals surface area contributed by atoms with Gasteiger partial charge in [0.2, 0.25) is 5.89 Å². The van der Waals surface area contributed by atoms with E-state index >= 15 is 0 Å². The molecule has 32 heavy (non-hydrogen) atoms. The zero-order valence-corrected chi connectivity index (χ0v) is 17.5. The predicted octanol–water partition coefficient (Wildman–Crippen LogP) is 4.50. The van der Waals surface area contributed by atoms with E-state index in [-0.39, 0.29) is 29.2 Å². The number of pyridine rings is 1. The smallest absolute Gasteiger partial charge is 0.254 e. The number of rotatable bonds is 8. The number of benzene rings is 1. The first-order valence-corrected chi connectivity index (χ1v) is 10.7. The lowest BCUT2D eigenvalue weighted by atomic mass is 10.1. The summed E-state index contributed by atoms with van der Waals surface area (Å²) in [4.78, 5) is 32.7. The third-order valence-corrected chi connectivity index (χ3v) is 5.56. The van der Waals surface area contributed by atoms with Gasteiger partial charge in [-0.05, 0) is 62.9 Å². The zero-order valence-electron chi connectivity index (χ0n) is 17.5. The summed E-state index contributed by atoms with van der Waals surface area (Å²) in [5, 5.41) is 2.77. The number of nitrogens with one attached hydrogen (secondary N) is 1. The average Bonchev–Trinajstić information content (AvgIpc) is 3.72. The summed E-state index contributed by atoms with van der Waals surface area (Å²) in [5.41, 5.74) is 1.40. The fourth-order valence-corrected chi connectivity index (χ4v) is 3.34. The van der Waals surface area contributed by atoms with Gasteiger partial charge in [-0.1, -0.05) is 0 Å². The number of hydrogen-bond acceptors (Lipinski definition) is 6. The predicted molar refractivity (Wildman–Crippen MR) is 113 cm³/mol. The summed E-state index contributed by atoms with van der Waals surface area (Å²) in [5.74, 6) is -0.109. The van der Waals surface area contributed by atoms with Crippen LogP contribution in [0.15, 0.2) is 47.2 Å². The molecule has 1 N–H and O–H groups in total. The van der Waals surface area contributed by atoms with E-state index in [2.05, 4.69) is 15.3 Å². The molecule has 2 aromatic heterocycles. The van der Waals surface area contributed by atoms with Gasteiger partial charge in [0.05, 0.1) is 11.8 Å². The van der Waals surface area contributed by atoms with Gasteiger partial charge in [0, 0.05) is 17.5 Å². The van der Waals surface area contributed by atoms with Gasteiger partial charge in [0.25, 0.3) is 5.91 Å². The first-order valence-electron chi connectivity index (χ1n) is 10.7. The van der Waals surface area contributed by atoms with Crippen LogP contribution in [0.3, 0.4) is 0 Å². The van der Waals surface area contributed by atoms with Crippen LogP contribution in [0.5, 0.6) is 5.75 Å². The van der Waals surface area contributed by atoms with E-state index in [0.717, 1.165) is 25.7 Å². The van der Waals surface area contributed by atoms with E-state index in [4.69, 9.17) is 9.15 Å². The molecule has 1 amide bonds. The molecular formula is C24H22FN3O4. The topological polar surface area (TPSA) is 94.3 Å². The zero-order chi connectivity index (χ0) is 22.2.